The topological polar surface area (TPSA) is 56.5 Å². The van der Waals surface area contributed by atoms with Crippen LogP contribution < -0.4 is 10.3 Å². The summed E-state index contributed by atoms with van der Waals surface area (Å²) in [5.74, 6) is 1.11. The Morgan fingerprint density at radius 3 is 2.79 bits per heavy atom. The quantitative estimate of drug-likeness (QED) is 0.312. The van der Waals surface area contributed by atoms with Gasteiger partial charge in [0.2, 0.25) is 0 Å². The van der Waals surface area contributed by atoms with Gasteiger partial charge in [-0.15, -0.1) is 0 Å². The molecule has 144 valence electrons. The van der Waals surface area contributed by atoms with E-state index in [9.17, 15) is 4.79 Å². The maximum absolute atomic E-state index is 12.9. The first-order chi connectivity index (χ1) is 13.4. The smallest absolute Gasteiger partial charge is 0.282 e. The molecule has 3 aromatic rings. The molecule has 0 radical (unpaired) electrons. The Labute approximate surface area is 183 Å². The van der Waals surface area contributed by atoms with E-state index in [1.54, 1.807) is 24.4 Å². The number of fused-ring (bicyclic) bond motifs is 1. The van der Waals surface area contributed by atoms with Gasteiger partial charge < -0.3 is 4.74 Å². The van der Waals surface area contributed by atoms with Crippen LogP contribution >= 0.6 is 43.5 Å². The number of aryl methyl sites for hydroxylation is 1. The van der Waals surface area contributed by atoms with Crippen molar-refractivity contribution in [3.63, 3.8) is 0 Å². The van der Waals surface area contributed by atoms with Crippen molar-refractivity contribution in [2.75, 3.05) is 6.61 Å². The fourth-order valence-electron chi connectivity index (χ4n) is 2.60. The van der Waals surface area contributed by atoms with Crippen molar-refractivity contribution in [3.8, 4) is 5.75 Å². The minimum atomic E-state index is -0.226. The molecule has 0 amide bonds. The summed E-state index contributed by atoms with van der Waals surface area (Å²) in [6.45, 7) is 5.90. The lowest BCUT2D eigenvalue weighted by molar-refractivity contribution is 0.361. The van der Waals surface area contributed by atoms with E-state index in [2.05, 4.69) is 48.5 Å². The van der Waals surface area contributed by atoms with E-state index in [0.717, 1.165) is 4.47 Å². The van der Waals surface area contributed by atoms with Gasteiger partial charge in [0.1, 0.15) is 12.4 Å². The first-order valence-electron chi connectivity index (χ1n) is 8.43. The Bertz CT molecular complexity index is 1120. The number of rotatable bonds is 6. The molecule has 3 rings (SSSR count). The Morgan fingerprint density at radius 1 is 1.32 bits per heavy atom. The lowest BCUT2D eigenvalue weighted by Gasteiger charge is -2.10. The zero-order valence-electron chi connectivity index (χ0n) is 15.0. The number of halogens is 3. The summed E-state index contributed by atoms with van der Waals surface area (Å²) in [7, 11) is 0. The number of hydrogen-bond donors (Lipinski definition) is 0. The second-order valence-electron chi connectivity index (χ2n) is 5.82. The minimum Gasteiger partial charge on any atom is -0.487 e. The fourth-order valence-corrected chi connectivity index (χ4v) is 3.95. The zero-order valence-corrected chi connectivity index (χ0v) is 18.9. The Balaban J connectivity index is 2.04. The second-order valence-corrected chi connectivity index (χ2v) is 8.00. The second kappa shape index (κ2) is 9.03. The normalized spacial score (nSPS) is 11.3. The molecule has 0 saturated heterocycles. The average molecular weight is 526 g/mol. The highest BCUT2D eigenvalue weighted by Gasteiger charge is 2.11. The van der Waals surface area contributed by atoms with E-state index < -0.39 is 0 Å². The van der Waals surface area contributed by atoms with Crippen LogP contribution in [0.3, 0.4) is 0 Å². The molecule has 1 heterocycles. The van der Waals surface area contributed by atoms with Gasteiger partial charge in [0.25, 0.3) is 5.56 Å². The molecule has 1 aromatic heterocycles. The minimum absolute atomic E-state index is 0.226. The maximum atomic E-state index is 12.9. The van der Waals surface area contributed by atoms with Gasteiger partial charge in [-0.1, -0.05) is 47.1 Å². The van der Waals surface area contributed by atoms with Crippen molar-refractivity contribution in [2.45, 2.75) is 13.3 Å². The highest BCUT2D eigenvalue weighted by molar-refractivity contribution is 9.10. The SMILES string of the molecule is C=CCOc1c(Cl)cc(C=Nn2c(CC)nc3ccc(Br)cc3c2=O)cc1Br. The lowest BCUT2D eigenvalue weighted by atomic mass is 10.2. The molecule has 0 aliphatic carbocycles. The molecule has 0 aliphatic heterocycles. The van der Waals surface area contributed by atoms with Crippen LogP contribution in [-0.2, 0) is 6.42 Å². The zero-order chi connectivity index (χ0) is 20.3. The highest BCUT2D eigenvalue weighted by atomic mass is 79.9. The largest absolute Gasteiger partial charge is 0.487 e. The van der Waals surface area contributed by atoms with Crippen LogP contribution in [0, 0.1) is 0 Å². The van der Waals surface area contributed by atoms with Crippen molar-refractivity contribution in [2.24, 2.45) is 5.10 Å². The summed E-state index contributed by atoms with van der Waals surface area (Å²) < 4.78 is 8.35. The molecule has 0 aliphatic rings. The molecule has 0 saturated carbocycles. The van der Waals surface area contributed by atoms with E-state index in [4.69, 9.17) is 16.3 Å². The molecule has 0 bridgehead atoms. The van der Waals surface area contributed by atoms with Crippen molar-refractivity contribution in [1.82, 2.24) is 9.66 Å². The Hall–Kier alpha value is -1.96. The first kappa shape index (κ1) is 20.8. The van der Waals surface area contributed by atoms with E-state index in [0.29, 0.717) is 50.6 Å². The summed E-state index contributed by atoms with van der Waals surface area (Å²) in [5, 5.41) is 5.29. The first-order valence-corrected chi connectivity index (χ1v) is 10.4. The van der Waals surface area contributed by atoms with Gasteiger partial charge in [0, 0.05) is 10.9 Å². The average Bonchev–Trinajstić information content (AvgIpc) is 2.67. The van der Waals surface area contributed by atoms with Crippen molar-refractivity contribution in [3.05, 3.63) is 78.7 Å². The number of hydrogen-bond acceptors (Lipinski definition) is 4. The van der Waals surface area contributed by atoms with Crippen LogP contribution in [0.4, 0.5) is 0 Å². The van der Waals surface area contributed by atoms with E-state index >= 15 is 0 Å². The number of aromatic nitrogens is 2. The van der Waals surface area contributed by atoms with Gasteiger partial charge >= 0.3 is 0 Å². The summed E-state index contributed by atoms with van der Waals surface area (Å²) in [5.41, 5.74) is 1.13. The van der Waals surface area contributed by atoms with Crippen LogP contribution in [0.1, 0.15) is 18.3 Å². The van der Waals surface area contributed by atoms with E-state index in [1.807, 2.05) is 25.1 Å². The molecular formula is C20H16Br2ClN3O2. The van der Waals surface area contributed by atoms with Crippen molar-refractivity contribution >= 4 is 60.6 Å². The van der Waals surface area contributed by atoms with Gasteiger partial charge in [0.15, 0.2) is 5.75 Å². The molecule has 0 atom stereocenters. The predicted molar refractivity (Wildman–Crippen MR) is 121 cm³/mol. The Morgan fingerprint density at radius 2 is 2.11 bits per heavy atom. The van der Waals surface area contributed by atoms with Gasteiger partial charge in [-0.2, -0.15) is 9.78 Å². The standard InChI is InChI=1S/C20H16Br2ClN3O2/c1-3-7-28-19-15(22)8-12(9-16(19)23)11-24-26-18(4-2)25-17-6-5-13(21)10-14(17)20(26)27/h3,5-6,8-11H,1,4,7H2,2H3. The maximum Gasteiger partial charge on any atom is 0.282 e. The summed E-state index contributed by atoms with van der Waals surface area (Å²) in [6, 6.07) is 8.95. The molecular weight excluding hydrogens is 510 g/mol. The third-order valence-corrected chi connectivity index (χ3v) is 5.24. The van der Waals surface area contributed by atoms with E-state index in [-0.39, 0.29) is 5.56 Å². The molecule has 0 spiro atoms. The molecule has 2 aromatic carbocycles. The molecule has 0 N–H and O–H groups in total. The number of nitrogens with zero attached hydrogens (tertiary/aromatic N) is 3. The van der Waals surface area contributed by atoms with Gasteiger partial charge in [-0.25, -0.2) is 4.98 Å². The summed E-state index contributed by atoms with van der Waals surface area (Å²) in [4.78, 5) is 17.5. The number of ether oxygens (including phenoxy) is 1. The summed E-state index contributed by atoms with van der Waals surface area (Å²) in [6.07, 6.45) is 3.78. The van der Waals surface area contributed by atoms with Crippen molar-refractivity contribution < 1.29 is 4.74 Å². The van der Waals surface area contributed by atoms with E-state index in [1.165, 1.54) is 4.68 Å². The Kier molecular flexibility index (Phi) is 6.69. The van der Waals surface area contributed by atoms with Crippen LogP contribution in [0.25, 0.3) is 10.9 Å². The molecule has 0 unspecified atom stereocenters. The lowest BCUT2D eigenvalue weighted by Crippen LogP contribution is -2.22. The third kappa shape index (κ3) is 4.37. The van der Waals surface area contributed by atoms with Crippen LogP contribution in [0.5, 0.6) is 5.75 Å². The van der Waals surface area contributed by atoms with Crippen LogP contribution in [0.15, 0.2) is 61.8 Å². The van der Waals surface area contributed by atoms with Crippen molar-refractivity contribution in [1.29, 1.82) is 0 Å². The fraction of sp³-hybridized carbons (Fsp3) is 0.150. The highest BCUT2D eigenvalue weighted by Crippen LogP contribution is 2.34. The monoisotopic (exact) mass is 523 g/mol. The van der Waals surface area contributed by atoms with Crippen LogP contribution in [0.2, 0.25) is 5.02 Å². The molecule has 5 nitrogen and oxygen atoms in total. The predicted octanol–water partition coefficient (Wildman–Crippen LogP) is 5.58. The van der Waals surface area contributed by atoms with Crippen LogP contribution in [-0.4, -0.2) is 22.5 Å². The van der Waals surface area contributed by atoms with Gasteiger partial charge in [-0.3, -0.25) is 4.79 Å². The molecule has 0 fully saturated rings. The number of benzene rings is 2. The van der Waals surface area contributed by atoms with Gasteiger partial charge in [-0.05, 0) is 51.8 Å². The molecule has 28 heavy (non-hydrogen) atoms. The molecule has 8 heteroatoms. The summed E-state index contributed by atoms with van der Waals surface area (Å²) >= 11 is 13.1. The van der Waals surface area contributed by atoms with Gasteiger partial charge in [0.05, 0.1) is 26.6 Å². The third-order valence-electron chi connectivity index (χ3n) is 3.88.